The van der Waals surface area contributed by atoms with E-state index < -0.39 is 0 Å². The molecule has 1 amide bonds. The zero-order chi connectivity index (χ0) is 12.3. The third-order valence-electron chi connectivity index (χ3n) is 2.10. The van der Waals surface area contributed by atoms with Gasteiger partial charge in [0.2, 0.25) is 0 Å². The van der Waals surface area contributed by atoms with E-state index in [0.717, 1.165) is 0 Å². The van der Waals surface area contributed by atoms with E-state index in [2.05, 4.69) is 30.9 Å². The summed E-state index contributed by atoms with van der Waals surface area (Å²) in [6, 6.07) is 6.71. The first-order valence-electron chi connectivity index (χ1n) is 4.76. The van der Waals surface area contributed by atoms with Crippen LogP contribution in [0.4, 0.5) is 5.82 Å². The van der Waals surface area contributed by atoms with Crippen molar-refractivity contribution < 1.29 is 14.1 Å². The largest absolute Gasteiger partial charge is 0.497 e. The number of nitrogens with zero attached hydrogens (tertiary/aromatic N) is 1. The van der Waals surface area contributed by atoms with Crippen LogP contribution in [-0.4, -0.2) is 18.2 Å². The van der Waals surface area contributed by atoms with Crippen LogP contribution in [0.3, 0.4) is 0 Å². The maximum Gasteiger partial charge on any atom is 0.258 e. The lowest BCUT2D eigenvalue weighted by Gasteiger charge is -2.06. The number of nitrogens with one attached hydrogen (secondary N) is 1. The summed E-state index contributed by atoms with van der Waals surface area (Å²) in [6.07, 6.45) is 1.39. The maximum atomic E-state index is 11.9. The summed E-state index contributed by atoms with van der Waals surface area (Å²) >= 11 is 3.30. The van der Waals surface area contributed by atoms with E-state index in [1.54, 1.807) is 31.4 Å². The molecule has 5 nitrogen and oxygen atoms in total. The van der Waals surface area contributed by atoms with Crippen molar-refractivity contribution in [2.75, 3.05) is 12.4 Å². The third kappa shape index (κ3) is 2.65. The van der Waals surface area contributed by atoms with Gasteiger partial charge in [0.1, 0.15) is 12.0 Å². The highest BCUT2D eigenvalue weighted by atomic mass is 79.9. The summed E-state index contributed by atoms with van der Waals surface area (Å²) in [4.78, 5) is 11.9. The van der Waals surface area contributed by atoms with Gasteiger partial charge < -0.3 is 14.6 Å². The van der Waals surface area contributed by atoms with E-state index in [0.29, 0.717) is 21.6 Å². The van der Waals surface area contributed by atoms with Gasteiger partial charge in [0, 0.05) is 10.5 Å². The summed E-state index contributed by atoms with van der Waals surface area (Å²) in [6.45, 7) is 0. The molecule has 6 heteroatoms. The number of hydrogen-bond acceptors (Lipinski definition) is 4. The molecule has 17 heavy (non-hydrogen) atoms. The zero-order valence-corrected chi connectivity index (χ0v) is 10.5. The van der Waals surface area contributed by atoms with Crippen LogP contribution in [0.25, 0.3) is 0 Å². The number of methoxy groups -OCH3 is 1. The quantitative estimate of drug-likeness (QED) is 0.946. The Bertz CT molecular complexity index is 526. The predicted molar refractivity (Wildman–Crippen MR) is 65.2 cm³/mol. The number of ether oxygens (including phenoxy) is 1. The monoisotopic (exact) mass is 296 g/mol. The molecule has 1 aromatic carbocycles. The van der Waals surface area contributed by atoms with Gasteiger partial charge in [0.25, 0.3) is 5.91 Å². The van der Waals surface area contributed by atoms with E-state index in [1.807, 2.05) is 0 Å². The Balaban J connectivity index is 2.24. The molecule has 0 atom stereocenters. The second-order valence-electron chi connectivity index (χ2n) is 3.18. The number of halogens is 1. The topological polar surface area (TPSA) is 64.4 Å². The number of benzene rings is 1. The summed E-state index contributed by atoms with van der Waals surface area (Å²) < 4.78 is 10.4. The van der Waals surface area contributed by atoms with Crippen LogP contribution in [0.1, 0.15) is 10.4 Å². The first-order valence-corrected chi connectivity index (χ1v) is 5.55. The van der Waals surface area contributed by atoms with Crippen LogP contribution in [0, 0.1) is 0 Å². The molecule has 0 saturated heterocycles. The highest BCUT2D eigenvalue weighted by Crippen LogP contribution is 2.23. The number of anilines is 1. The van der Waals surface area contributed by atoms with Crippen LogP contribution >= 0.6 is 15.9 Å². The molecule has 0 unspecified atom stereocenters. The first-order chi connectivity index (χ1) is 8.20. The molecular weight excluding hydrogens is 288 g/mol. The second kappa shape index (κ2) is 5.01. The standard InChI is InChI=1S/C11H9BrN2O3/c1-16-7-2-3-9(12)8(6-7)11(15)13-10-4-5-17-14-10/h2-6H,1H3,(H,13,14,15). The van der Waals surface area contributed by atoms with Gasteiger partial charge in [-0.25, -0.2) is 0 Å². The molecule has 0 saturated carbocycles. The fraction of sp³-hybridized carbons (Fsp3) is 0.0909. The molecule has 1 N–H and O–H groups in total. The lowest BCUT2D eigenvalue weighted by molar-refractivity contribution is 0.102. The van der Waals surface area contributed by atoms with Crippen molar-refractivity contribution in [3.8, 4) is 5.75 Å². The van der Waals surface area contributed by atoms with Crippen molar-refractivity contribution in [1.29, 1.82) is 0 Å². The van der Waals surface area contributed by atoms with E-state index in [-0.39, 0.29) is 5.91 Å². The van der Waals surface area contributed by atoms with Gasteiger partial charge in [-0.15, -0.1) is 0 Å². The molecular formula is C11H9BrN2O3. The van der Waals surface area contributed by atoms with Crippen molar-refractivity contribution in [3.63, 3.8) is 0 Å². The maximum absolute atomic E-state index is 11.9. The van der Waals surface area contributed by atoms with Crippen molar-refractivity contribution in [2.45, 2.75) is 0 Å². The van der Waals surface area contributed by atoms with E-state index in [4.69, 9.17) is 4.74 Å². The number of rotatable bonds is 3. The molecule has 1 aromatic heterocycles. The molecule has 88 valence electrons. The highest BCUT2D eigenvalue weighted by Gasteiger charge is 2.12. The smallest absolute Gasteiger partial charge is 0.258 e. The van der Waals surface area contributed by atoms with Crippen LogP contribution < -0.4 is 10.1 Å². The minimum absolute atomic E-state index is 0.287. The molecule has 0 spiro atoms. The molecule has 0 bridgehead atoms. The van der Waals surface area contributed by atoms with E-state index in [1.165, 1.54) is 6.26 Å². The Morgan fingerprint density at radius 2 is 2.29 bits per heavy atom. The molecule has 0 fully saturated rings. The van der Waals surface area contributed by atoms with Gasteiger partial charge in [0.15, 0.2) is 5.82 Å². The second-order valence-corrected chi connectivity index (χ2v) is 4.04. The van der Waals surface area contributed by atoms with E-state index in [9.17, 15) is 4.79 Å². The van der Waals surface area contributed by atoms with Crippen LogP contribution in [0.5, 0.6) is 5.75 Å². The van der Waals surface area contributed by atoms with E-state index >= 15 is 0 Å². The summed E-state index contributed by atoms with van der Waals surface area (Å²) in [5, 5.41) is 6.20. The molecule has 1 heterocycles. The number of carbonyl (C=O) groups excluding carboxylic acids is 1. The van der Waals surface area contributed by atoms with Crippen LogP contribution in [-0.2, 0) is 0 Å². The number of hydrogen-bond donors (Lipinski definition) is 1. The summed E-state index contributed by atoms with van der Waals surface area (Å²) in [5.74, 6) is 0.688. The third-order valence-corrected chi connectivity index (χ3v) is 2.79. The molecule has 0 aliphatic carbocycles. The Kier molecular flexibility index (Phi) is 3.43. The van der Waals surface area contributed by atoms with Crippen molar-refractivity contribution in [2.24, 2.45) is 0 Å². The van der Waals surface area contributed by atoms with Gasteiger partial charge in [-0.1, -0.05) is 5.16 Å². The Labute approximate surface area is 106 Å². The fourth-order valence-electron chi connectivity index (χ4n) is 1.27. The Morgan fingerprint density at radius 3 is 2.94 bits per heavy atom. The molecule has 0 aliphatic heterocycles. The van der Waals surface area contributed by atoms with Gasteiger partial charge in [-0.05, 0) is 34.1 Å². The average Bonchev–Trinajstić information content (AvgIpc) is 2.82. The minimum Gasteiger partial charge on any atom is -0.497 e. The number of aromatic nitrogens is 1. The SMILES string of the molecule is COc1ccc(Br)c(C(=O)Nc2ccon2)c1. The molecule has 0 radical (unpaired) electrons. The summed E-state index contributed by atoms with van der Waals surface area (Å²) in [7, 11) is 1.54. The van der Waals surface area contributed by atoms with Crippen molar-refractivity contribution in [1.82, 2.24) is 5.16 Å². The molecule has 2 rings (SSSR count). The minimum atomic E-state index is -0.287. The number of carbonyl (C=O) groups is 1. The van der Waals surface area contributed by atoms with Gasteiger partial charge in [-0.2, -0.15) is 0 Å². The lowest BCUT2D eigenvalue weighted by Crippen LogP contribution is -2.12. The van der Waals surface area contributed by atoms with Gasteiger partial charge in [-0.3, -0.25) is 4.79 Å². The Morgan fingerprint density at radius 1 is 1.47 bits per heavy atom. The summed E-state index contributed by atoms with van der Waals surface area (Å²) in [5.41, 5.74) is 0.465. The van der Waals surface area contributed by atoms with Crippen LogP contribution in [0.2, 0.25) is 0 Å². The fourth-order valence-corrected chi connectivity index (χ4v) is 1.69. The van der Waals surface area contributed by atoms with Crippen molar-refractivity contribution in [3.05, 3.63) is 40.6 Å². The Hall–Kier alpha value is -1.82. The zero-order valence-electron chi connectivity index (χ0n) is 8.94. The van der Waals surface area contributed by atoms with Crippen molar-refractivity contribution >= 4 is 27.7 Å². The van der Waals surface area contributed by atoms with Gasteiger partial charge >= 0.3 is 0 Å². The van der Waals surface area contributed by atoms with Gasteiger partial charge in [0.05, 0.1) is 12.7 Å². The first kappa shape index (κ1) is 11.7. The molecule has 2 aromatic rings. The number of amides is 1. The van der Waals surface area contributed by atoms with Crippen LogP contribution in [0.15, 0.2) is 39.5 Å². The average molecular weight is 297 g/mol. The lowest BCUT2D eigenvalue weighted by atomic mass is 10.2. The normalized spacial score (nSPS) is 10.0. The predicted octanol–water partition coefficient (Wildman–Crippen LogP) is 2.70. The highest BCUT2D eigenvalue weighted by molar-refractivity contribution is 9.10. The molecule has 0 aliphatic rings.